The summed E-state index contributed by atoms with van der Waals surface area (Å²) in [5, 5.41) is 23.5. The van der Waals surface area contributed by atoms with Gasteiger partial charge in [0.05, 0.1) is 23.1 Å². The van der Waals surface area contributed by atoms with Crippen LogP contribution in [0, 0.1) is 10.1 Å². The van der Waals surface area contributed by atoms with E-state index in [0.29, 0.717) is 17.0 Å². The Balaban J connectivity index is 1.70. The average molecular weight is 499 g/mol. The van der Waals surface area contributed by atoms with E-state index in [1.54, 1.807) is 0 Å². The summed E-state index contributed by atoms with van der Waals surface area (Å²) < 4.78 is 46.2. The van der Waals surface area contributed by atoms with Gasteiger partial charge in [0.15, 0.2) is 0 Å². The number of nitro benzene ring substituents is 1. The number of rotatable bonds is 6. The number of non-ortho nitro benzene ring substituents is 1. The molecule has 3 N–H and O–H groups in total. The van der Waals surface area contributed by atoms with Crippen LogP contribution in [0.4, 0.5) is 24.5 Å². The highest BCUT2D eigenvalue weighted by molar-refractivity contribution is 6.06. The number of nitro groups is 1. The number of aromatic nitrogens is 1. The zero-order valence-corrected chi connectivity index (χ0v) is 18.3. The van der Waals surface area contributed by atoms with Gasteiger partial charge < -0.3 is 20.1 Å². The Morgan fingerprint density at radius 3 is 2.47 bits per heavy atom. The SMILES string of the molecule is COc1cc(C(F)(F)F)c(-c2cccc(NC(=O)c3cc4ccc([N+](=O)[O-])cc4[nH]3)c2)cc1C(=O)O. The molecule has 12 heteroatoms. The fourth-order valence-corrected chi connectivity index (χ4v) is 3.70. The Bertz CT molecular complexity index is 1530. The number of anilines is 1. The van der Waals surface area contributed by atoms with E-state index >= 15 is 0 Å². The predicted octanol–water partition coefficient (Wildman–Crippen LogP) is 5.72. The lowest BCUT2D eigenvalue weighted by Gasteiger charge is -2.17. The molecule has 1 aromatic heterocycles. The number of aromatic carboxylic acids is 1. The quantitative estimate of drug-likeness (QED) is 0.229. The lowest BCUT2D eigenvalue weighted by Crippen LogP contribution is -2.13. The second-order valence-electron chi connectivity index (χ2n) is 7.65. The Kier molecular flexibility index (Phi) is 6.10. The number of carbonyl (C=O) groups is 2. The Labute approximate surface area is 200 Å². The van der Waals surface area contributed by atoms with Crippen LogP contribution in [0.2, 0.25) is 0 Å². The molecule has 1 amide bonds. The molecule has 9 nitrogen and oxygen atoms in total. The van der Waals surface area contributed by atoms with Crippen molar-refractivity contribution in [1.29, 1.82) is 0 Å². The van der Waals surface area contributed by atoms with Crippen LogP contribution in [0.15, 0.2) is 60.7 Å². The number of fused-ring (bicyclic) bond motifs is 1. The zero-order valence-electron chi connectivity index (χ0n) is 18.3. The average Bonchev–Trinajstić information content (AvgIpc) is 3.26. The molecule has 0 spiro atoms. The van der Waals surface area contributed by atoms with E-state index < -0.39 is 45.4 Å². The number of benzene rings is 3. The van der Waals surface area contributed by atoms with Gasteiger partial charge in [-0.05, 0) is 47.5 Å². The third-order valence-corrected chi connectivity index (χ3v) is 5.37. The maximum atomic E-state index is 13.8. The van der Waals surface area contributed by atoms with E-state index in [4.69, 9.17) is 4.74 Å². The lowest BCUT2D eigenvalue weighted by molar-refractivity contribution is -0.384. The van der Waals surface area contributed by atoms with Crippen molar-refractivity contribution in [3.05, 3.63) is 87.6 Å². The topological polar surface area (TPSA) is 135 Å². The summed E-state index contributed by atoms with van der Waals surface area (Å²) in [5.74, 6) is -2.55. The van der Waals surface area contributed by atoms with E-state index in [1.165, 1.54) is 48.5 Å². The summed E-state index contributed by atoms with van der Waals surface area (Å²) >= 11 is 0. The van der Waals surface area contributed by atoms with Crippen LogP contribution in [0.3, 0.4) is 0 Å². The van der Waals surface area contributed by atoms with Crippen molar-refractivity contribution in [2.75, 3.05) is 12.4 Å². The second-order valence-corrected chi connectivity index (χ2v) is 7.65. The number of hydrogen-bond donors (Lipinski definition) is 3. The number of carbonyl (C=O) groups excluding carboxylic acids is 1. The standard InChI is InChI=1S/C24H16F3N3O6/c1-36-21-11-18(24(25,26)27)16(10-17(21)23(32)33)12-3-2-4-14(7-12)28-22(31)20-8-13-5-6-15(30(34)35)9-19(13)29-20/h2-11,29H,1H3,(H,28,31)(H,32,33). The Morgan fingerprint density at radius 2 is 1.83 bits per heavy atom. The minimum absolute atomic E-state index is 0.0116. The third-order valence-electron chi connectivity index (χ3n) is 5.37. The van der Waals surface area contributed by atoms with Gasteiger partial charge in [-0.15, -0.1) is 0 Å². The molecule has 0 radical (unpaired) electrons. The van der Waals surface area contributed by atoms with Crippen LogP contribution in [0.25, 0.3) is 22.0 Å². The number of H-pyrrole nitrogens is 1. The maximum Gasteiger partial charge on any atom is 0.417 e. The van der Waals surface area contributed by atoms with Gasteiger partial charge >= 0.3 is 12.1 Å². The maximum absolute atomic E-state index is 13.8. The predicted molar refractivity (Wildman–Crippen MR) is 123 cm³/mol. The van der Waals surface area contributed by atoms with Crippen LogP contribution < -0.4 is 10.1 Å². The number of nitrogens with one attached hydrogen (secondary N) is 2. The summed E-state index contributed by atoms with van der Waals surface area (Å²) in [6.07, 6.45) is -4.81. The van der Waals surface area contributed by atoms with E-state index in [2.05, 4.69) is 10.3 Å². The molecule has 0 saturated heterocycles. The van der Waals surface area contributed by atoms with Gasteiger partial charge in [0.25, 0.3) is 11.6 Å². The minimum atomic E-state index is -4.81. The monoisotopic (exact) mass is 499 g/mol. The minimum Gasteiger partial charge on any atom is -0.496 e. The summed E-state index contributed by atoms with van der Waals surface area (Å²) in [4.78, 5) is 37.5. The van der Waals surface area contributed by atoms with Crippen LogP contribution in [0.5, 0.6) is 5.75 Å². The second kappa shape index (κ2) is 9.06. The van der Waals surface area contributed by atoms with Gasteiger partial charge in [-0.3, -0.25) is 14.9 Å². The highest BCUT2D eigenvalue weighted by Crippen LogP contribution is 2.41. The molecule has 0 aliphatic carbocycles. The molecule has 4 aromatic rings. The molecule has 0 aliphatic heterocycles. The van der Waals surface area contributed by atoms with Crippen LogP contribution in [0.1, 0.15) is 26.4 Å². The molecular formula is C24H16F3N3O6. The number of alkyl halides is 3. The highest BCUT2D eigenvalue weighted by Gasteiger charge is 2.35. The van der Waals surface area contributed by atoms with E-state index in [-0.39, 0.29) is 22.6 Å². The van der Waals surface area contributed by atoms with Gasteiger partial charge in [-0.25, -0.2) is 4.79 Å². The van der Waals surface area contributed by atoms with Gasteiger partial charge in [0.1, 0.15) is 17.0 Å². The number of aromatic amines is 1. The molecule has 0 bridgehead atoms. The van der Waals surface area contributed by atoms with Crippen molar-refractivity contribution in [2.24, 2.45) is 0 Å². The summed E-state index contributed by atoms with van der Waals surface area (Å²) in [6, 6.07) is 12.5. The van der Waals surface area contributed by atoms with Gasteiger partial charge in [-0.2, -0.15) is 13.2 Å². The number of amides is 1. The van der Waals surface area contributed by atoms with E-state index in [1.807, 2.05) is 0 Å². The molecule has 0 atom stereocenters. The van der Waals surface area contributed by atoms with Crippen molar-refractivity contribution in [1.82, 2.24) is 4.98 Å². The number of ether oxygens (including phenoxy) is 1. The van der Waals surface area contributed by atoms with Crippen LogP contribution in [-0.4, -0.2) is 34.0 Å². The lowest BCUT2D eigenvalue weighted by atomic mass is 9.95. The molecule has 4 rings (SSSR count). The van der Waals surface area contributed by atoms with Gasteiger partial charge in [0.2, 0.25) is 0 Å². The van der Waals surface area contributed by atoms with Crippen molar-refractivity contribution < 1.29 is 37.5 Å². The first kappa shape index (κ1) is 24.3. The summed E-state index contributed by atoms with van der Waals surface area (Å²) in [6.45, 7) is 0. The zero-order chi connectivity index (χ0) is 26.2. The molecule has 36 heavy (non-hydrogen) atoms. The van der Waals surface area contributed by atoms with Crippen molar-refractivity contribution >= 4 is 34.2 Å². The number of nitrogens with zero attached hydrogens (tertiary/aromatic N) is 1. The molecule has 0 saturated carbocycles. The van der Waals surface area contributed by atoms with E-state index in [0.717, 1.165) is 13.2 Å². The number of halogens is 3. The fraction of sp³-hybridized carbons (Fsp3) is 0.0833. The van der Waals surface area contributed by atoms with Crippen molar-refractivity contribution in [3.8, 4) is 16.9 Å². The molecule has 3 aromatic carbocycles. The van der Waals surface area contributed by atoms with Crippen molar-refractivity contribution in [2.45, 2.75) is 6.18 Å². The van der Waals surface area contributed by atoms with Gasteiger partial charge in [-0.1, -0.05) is 12.1 Å². The molecule has 0 aliphatic rings. The molecule has 1 heterocycles. The van der Waals surface area contributed by atoms with E-state index in [9.17, 15) is 38.0 Å². The Morgan fingerprint density at radius 1 is 1.08 bits per heavy atom. The third kappa shape index (κ3) is 4.69. The van der Waals surface area contributed by atoms with Gasteiger partial charge in [0, 0.05) is 23.2 Å². The molecule has 0 fully saturated rings. The van der Waals surface area contributed by atoms with Crippen LogP contribution >= 0.6 is 0 Å². The normalized spacial score (nSPS) is 11.3. The highest BCUT2D eigenvalue weighted by atomic mass is 19.4. The first-order valence-electron chi connectivity index (χ1n) is 10.2. The smallest absolute Gasteiger partial charge is 0.417 e. The molecule has 184 valence electrons. The number of carboxylic acid groups (broad SMARTS) is 1. The number of carboxylic acids is 1. The summed E-state index contributed by atoms with van der Waals surface area (Å²) in [5.41, 5.74) is -1.55. The summed E-state index contributed by atoms with van der Waals surface area (Å²) in [7, 11) is 1.07. The van der Waals surface area contributed by atoms with Crippen molar-refractivity contribution in [3.63, 3.8) is 0 Å². The number of hydrogen-bond acceptors (Lipinski definition) is 5. The largest absolute Gasteiger partial charge is 0.496 e. The fourth-order valence-electron chi connectivity index (χ4n) is 3.70. The van der Waals surface area contributed by atoms with Crippen LogP contribution in [-0.2, 0) is 6.18 Å². The first-order chi connectivity index (χ1) is 17.0. The molecular weight excluding hydrogens is 483 g/mol. The first-order valence-corrected chi connectivity index (χ1v) is 10.2. The Hall–Kier alpha value is -4.87. The molecule has 0 unspecified atom stereocenters. The number of methoxy groups -OCH3 is 1.